The van der Waals surface area contributed by atoms with Crippen LogP contribution in [0.2, 0.25) is 0 Å². The van der Waals surface area contributed by atoms with Crippen LogP contribution in [0.4, 0.5) is 5.69 Å². The normalized spacial score (nSPS) is 16.2. The van der Waals surface area contributed by atoms with Crippen molar-refractivity contribution in [2.24, 2.45) is 5.92 Å². The molecule has 120 valence electrons. The van der Waals surface area contributed by atoms with Gasteiger partial charge in [-0.25, -0.2) is 0 Å². The predicted octanol–water partition coefficient (Wildman–Crippen LogP) is 3.50. The van der Waals surface area contributed by atoms with Crippen LogP contribution in [0.1, 0.15) is 16.7 Å². The van der Waals surface area contributed by atoms with Gasteiger partial charge in [0, 0.05) is 5.69 Å². The highest BCUT2D eigenvalue weighted by molar-refractivity contribution is 5.93. The molecule has 0 unspecified atom stereocenters. The van der Waals surface area contributed by atoms with Gasteiger partial charge in [0.2, 0.25) is 5.91 Å². The molecule has 2 aromatic carbocycles. The molecule has 4 heteroatoms. The zero-order valence-electron chi connectivity index (χ0n) is 13.7. The number of nitrogens with one attached hydrogen (secondary N) is 1. The first-order valence-corrected chi connectivity index (χ1v) is 7.74. The Kier molecular flexibility index (Phi) is 4.24. The van der Waals surface area contributed by atoms with E-state index < -0.39 is 0 Å². The quantitative estimate of drug-likeness (QED) is 0.943. The Morgan fingerprint density at radius 2 is 2.04 bits per heavy atom. The number of hydrogen-bond donors (Lipinski definition) is 1. The van der Waals surface area contributed by atoms with Gasteiger partial charge in [-0.2, -0.15) is 0 Å². The van der Waals surface area contributed by atoms with Crippen LogP contribution in [-0.2, 0) is 11.2 Å². The molecule has 0 fully saturated rings. The van der Waals surface area contributed by atoms with Crippen molar-refractivity contribution < 1.29 is 14.3 Å². The number of carbonyl (C=O) groups is 1. The van der Waals surface area contributed by atoms with E-state index in [4.69, 9.17) is 9.47 Å². The van der Waals surface area contributed by atoms with Crippen LogP contribution >= 0.6 is 0 Å². The molecule has 1 N–H and O–H groups in total. The van der Waals surface area contributed by atoms with Crippen molar-refractivity contribution >= 4 is 11.6 Å². The highest BCUT2D eigenvalue weighted by atomic mass is 16.5. The minimum Gasteiger partial charge on any atom is -0.497 e. The lowest BCUT2D eigenvalue weighted by molar-refractivity contribution is -0.121. The number of hydrogen-bond acceptors (Lipinski definition) is 3. The highest BCUT2D eigenvalue weighted by Crippen LogP contribution is 2.31. The van der Waals surface area contributed by atoms with Crippen molar-refractivity contribution in [3.05, 3.63) is 53.1 Å². The van der Waals surface area contributed by atoms with Gasteiger partial charge in [0.1, 0.15) is 18.1 Å². The van der Waals surface area contributed by atoms with Gasteiger partial charge in [0.25, 0.3) is 0 Å². The molecule has 0 bridgehead atoms. The molecule has 1 aliphatic rings. The fraction of sp³-hybridized carbons (Fsp3) is 0.316. The van der Waals surface area contributed by atoms with Crippen LogP contribution in [0.3, 0.4) is 0 Å². The van der Waals surface area contributed by atoms with E-state index in [0.717, 1.165) is 28.3 Å². The predicted molar refractivity (Wildman–Crippen MR) is 90.2 cm³/mol. The number of ether oxygens (including phenoxy) is 2. The molecule has 0 saturated carbocycles. The summed E-state index contributed by atoms with van der Waals surface area (Å²) < 4.78 is 11.0. The first kappa shape index (κ1) is 15.4. The van der Waals surface area contributed by atoms with Crippen LogP contribution in [0.5, 0.6) is 11.5 Å². The molecule has 3 rings (SSSR count). The summed E-state index contributed by atoms with van der Waals surface area (Å²) in [5.74, 6) is 1.41. The maximum Gasteiger partial charge on any atom is 0.231 e. The van der Waals surface area contributed by atoms with E-state index >= 15 is 0 Å². The van der Waals surface area contributed by atoms with Crippen LogP contribution in [-0.4, -0.2) is 19.6 Å². The fourth-order valence-corrected chi connectivity index (χ4v) is 2.85. The van der Waals surface area contributed by atoms with Gasteiger partial charge in [0.05, 0.1) is 13.0 Å². The number of anilines is 1. The number of methoxy groups -OCH3 is 1. The van der Waals surface area contributed by atoms with E-state index in [1.807, 2.05) is 44.2 Å². The number of benzene rings is 2. The minimum absolute atomic E-state index is 0.00887. The molecule has 23 heavy (non-hydrogen) atoms. The summed E-state index contributed by atoms with van der Waals surface area (Å²) >= 11 is 0. The number of amides is 1. The largest absolute Gasteiger partial charge is 0.497 e. The third-order valence-corrected chi connectivity index (χ3v) is 4.18. The van der Waals surface area contributed by atoms with Gasteiger partial charge in [0.15, 0.2) is 0 Å². The van der Waals surface area contributed by atoms with E-state index in [9.17, 15) is 4.79 Å². The van der Waals surface area contributed by atoms with Crippen LogP contribution in [0.15, 0.2) is 36.4 Å². The molecule has 0 saturated heterocycles. The summed E-state index contributed by atoms with van der Waals surface area (Å²) in [7, 11) is 1.63. The molecule has 2 aromatic rings. The second-order valence-electron chi connectivity index (χ2n) is 5.99. The standard InChI is InChI=1S/C19H21NO3/c1-12-4-6-17(13(2)8-12)20-19(21)15-9-14-10-16(22-3)5-7-18(14)23-11-15/h4-8,10,15H,9,11H2,1-3H3,(H,20,21)/t15-/m1/s1. The summed E-state index contributed by atoms with van der Waals surface area (Å²) in [4.78, 5) is 12.5. The monoisotopic (exact) mass is 311 g/mol. The Morgan fingerprint density at radius 3 is 2.78 bits per heavy atom. The average molecular weight is 311 g/mol. The highest BCUT2D eigenvalue weighted by Gasteiger charge is 2.26. The maximum absolute atomic E-state index is 12.5. The van der Waals surface area contributed by atoms with Crippen LogP contribution in [0.25, 0.3) is 0 Å². The molecule has 0 aromatic heterocycles. The summed E-state index contributed by atoms with van der Waals surface area (Å²) in [6.07, 6.45) is 0.656. The third kappa shape index (κ3) is 3.31. The van der Waals surface area contributed by atoms with Crippen molar-refractivity contribution in [1.29, 1.82) is 0 Å². The van der Waals surface area contributed by atoms with Crippen molar-refractivity contribution in [2.45, 2.75) is 20.3 Å². The molecule has 0 radical (unpaired) electrons. The van der Waals surface area contributed by atoms with E-state index in [1.54, 1.807) is 7.11 Å². The fourth-order valence-electron chi connectivity index (χ4n) is 2.85. The lowest BCUT2D eigenvalue weighted by atomic mass is 9.95. The molecule has 0 spiro atoms. The lowest BCUT2D eigenvalue weighted by Gasteiger charge is -2.25. The first-order chi connectivity index (χ1) is 11.1. The molecule has 1 aliphatic heterocycles. The van der Waals surface area contributed by atoms with Gasteiger partial charge in [-0.1, -0.05) is 17.7 Å². The summed E-state index contributed by atoms with van der Waals surface area (Å²) in [6.45, 7) is 4.44. The van der Waals surface area contributed by atoms with Crippen LogP contribution < -0.4 is 14.8 Å². The molecular weight excluding hydrogens is 290 g/mol. The van der Waals surface area contributed by atoms with Gasteiger partial charge in [-0.15, -0.1) is 0 Å². The Labute approximate surface area is 136 Å². The molecule has 0 aliphatic carbocycles. The van der Waals surface area contributed by atoms with E-state index in [-0.39, 0.29) is 11.8 Å². The molecule has 1 atom stereocenters. The minimum atomic E-state index is -0.199. The number of aryl methyl sites for hydroxylation is 2. The van der Waals surface area contributed by atoms with Gasteiger partial charge < -0.3 is 14.8 Å². The van der Waals surface area contributed by atoms with Gasteiger partial charge in [-0.05, 0) is 55.7 Å². The number of fused-ring (bicyclic) bond motifs is 1. The Balaban J connectivity index is 1.73. The Hall–Kier alpha value is -2.49. The summed E-state index contributed by atoms with van der Waals surface area (Å²) in [5.41, 5.74) is 4.12. The third-order valence-electron chi connectivity index (χ3n) is 4.18. The zero-order valence-corrected chi connectivity index (χ0v) is 13.7. The SMILES string of the molecule is COc1ccc2c(c1)C[C@@H](C(=O)Nc1ccc(C)cc1C)CO2. The maximum atomic E-state index is 12.5. The summed E-state index contributed by atoms with van der Waals surface area (Å²) in [6, 6.07) is 11.7. The topological polar surface area (TPSA) is 47.6 Å². The second-order valence-corrected chi connectivity index (χ2v) is 5.99. The smallest absolute Gasteiger partial charge is 0.231 e. The molecule has 1 amide bonds. The van der Waals surface area contributed by atoms with E-state index in [0.29, 0.717) is 13.0 Å². The number of rotatable bonds is 3. The molecule has 1 heterocycles. The van der Waals surface area contributed by atoms with Gasteiger partial charge >= 0.3 is 0 Å². The van der Waals surface area contributed by atoms with E-state index in [1.165, 1.54) is 5.56 Å². The van der Waals surface area contributed by atoms with Gasteiger partial charge in [-0.3, -0.25) is 4.79 Å². The molecule has 4 nitrogen and oxygen atoms in total. The molecular formula is C19H21NO3. The summed E-state index contributed by atoms with van der Waals surface area (Å²) in [5, 5.41) is 3.02. The Morgan fingerprint density at radius 1 is 1.22 bits per heavy atom. The van der Waals surface area contributed by atoms with Crippen LogP contribution in [0, 0.1) is 19.8 Å². The first-order valence-electron chi connectivity index (χ1n) is 7.74. The van der Waals surface area contributed by atoms with Crippen molar-refractivity contribution in [1.82, 2.24) is 0 Å². The lowest BCUT2D eigenvalue weighted by Crippen LogP contribution is -2.32. The van der Waals surface area contributed by atoms with Crippen molar-refractivity contribution in [3.63, 3.8) is 0 Å². The Bertz CT molecular complexity index is 739. The van der Waals surface area contributed by atoms with E-state index in [2.05, 4.69) is 11.4 Å². The number of carbonyl (C=O) groups excluding carboxylic acids is 1. The average Bonchev–Trinajstić information content (AvgIpc) is 2.56. The van der Waals surface area contributed by atoms with Crippen molar-refractivity contribution in [2.75, 3.05) is 19.0 Å². The van der Waals surface area contributed by atoms with Crippen molar-refractivity contribution in [3.8, 4) is 11.5 Å². The second kappa shape index (κ2) is 6.32. The zero-order chi connectivity index (χ0) is 16.4.